The summed E-state index contributed by atoms with van der Waals surface area (Å²) in [6.45, 7) is 10.8. The lowest BCUT2D eigenvalue weighted by atomic mass is 9.90. The summed E-state index contributed by atoms with van der Waals surface area (Å²) in [6.07, 6.45) is 0.758. The third-order valence-corrected chi connectivity index (χ3v) is 5.48. The lowest BCUT2D eigenvalue weighted by molar-refractivity contribution is -0.118. The molecule has 0 aliphatic rings. The van der Waals surface area contributed by atoms with Crippen molar-refractivity contribution in [3.05, 3.63) is 52.1 Å². The first-order valence-electron chi connectivity index (χ1n) is 9.34. The molecule has 1 amide bonds. The molecule has 0 radical (unpaired) electrons. The number of aromatic nitrogens is 1. The number of ether oxygens (including phenoxy) is 1. The number of methoxy groups -OCH3 is 1. The van der Waals surface area contributed by atoms with Crippen LogP contribution in [0.4, 0.5) is 0 Å². The molecule has 2 N–H and O–H groups in total. The average Bonchev–Trinajstić information content (AvgIpc) is 2.97. The van der Waals surface area contributed by atoms with Gasteiger partial charge in [0.25, 0.3) is 0 Å². The number of H-pyrrole nitrogens is 1. The van der Waals surface area contributed by atoms with Gasteiger partial charge in [-0.05, 0) is 80.1 Å². The molecule has 142 valence electrons. The highest BCUT2D eigenvalue weighted by atomic mass is 16.5. The number of fused-ring (bicyclic) bond motifs is 1. The lowest BCUT2D eigenvalue weighted by Gasteiger charge is -2.16. The summed E-state index contributed by atoms with van der Waals surface area (Å²) in [5, 5.41) is 4.07. The molecule has 0 unspecified atom stereocenters. The third kappa shape index (κ3) is 3.57. The first-order chi connectivity index (χ1) is 12.8. The number of rotatable bonds is 5. The Balaban J connectivity index is 2.25. The van der Waals surface area contributed by atoms with Gasteiger partial charge in [0, 0.05) is 29.9 Å². The van der Waals surface area contributed by atoms with Gasteiger partial charge in [0.05, 0.1) is 12.8 Å². The summed E-state index contributed by atoms with van der Waals surface area (Å²) in [5.74, 6) is 0.829. The highest BCUT2D eigenvalue weighted by molar-refractivity contribution is 5.93. The van der Waals surface area contributed by atoms with E-state index in [1.807, 2.05) is 6.07 Å². The van der Waals surface area contributed by atoms with E-state index in [2.05, 4.69) is 56.2 Å². The summed E-state index contributed by atoms with van der Waals surface area (Å²) < 4.78 is 5.44. The van der Waals surface area contributed by atoms with Crippen molar-refractivity contribution in [1.29, 1.82) is 0 Å². The van der Waals surface area contributed by atoms with E-state index in [1.54, 1.807) is 14.0 Å². The molecule has 4 nitrogen and oxygen atoms in total. The summed E-state index contributed by atoms with van der Waals surface area (Å²) >= 11 is 0. The van der Waals surface area contributed by atoms with E-state index < -0.39 is 0 Å². The second-order valence-corrected chi connectivity index (χ2v) is 7.26. The van der Waals surface area contributed by atoms with Gasteiger partial charge in [-0.3, -0.25) is 4.79 Å². The first-order valence-corrected chi connectivity index (χ1v) is 9.34. The SMILES string of the molecule is COc1ccc2[nH]c(-c3c(C)c(C)cc(C)c3C)c(CCNC(C)=O)c2c1. The summed E-state index contributed by atoms with van der Waals surface area (Å²) in [4.78, 5) is 15.0. The topological polar surface area (TPSA) is 54.1 Å². The second-order valence-electron chi connectivity index (χ2n) is 7.26. The molecule has 0 spiro atoms. The van der Waals surface area contributed by atoms with E-state index in [1.165, 1.54) is 33.4 Å². The number of carbonyl (C=O) groups is 1. The van der Waals surface area contributed by atoms with E-state index >= 15 is 0 Å². The van der Waals surface area contributed by atoms with Gasteiger partial charge in [0.2, 0.25) is 5.91 Å². The number of aromatic amines is 1. The molecule has 0 atom stereocenters. The van der Waals surface area contributed by atoms with Gasteiger partial charge in [0.15, 0.2) is 0 Å². The molecule has 0 saturated carbocycles. The minimum absolute atomic E-state index is 0.00673. The third-order valence-electron chi connectivity index (χ3n) is 5.48. The zero-order valence-electron chi connectivity index (χ0n) is 17.0. The molecule has 1 aromatic heterocycles. The number of hydrogen-bond acceptors (Lipinski definition) is 2. The van der Waals surface area contributed by atoms with Gasteiger partial charge in [-0.2, -0.15) is 0 Å². The molecule has 0 bridgehead atoms. The van der Waals surface area contributed by atoms with Crippen LogP contribution < -0.4 is 10.1 Å². The van der Waals surface area contributed by atoms with Crippen LogP contribution in [0.1, 0.15) is 34.7 Å². The Morgan fingerprint density at radius 2 is 1.74 bits per heavy atom. The molecule has 0 saturated heterocycles. The molecule has 0 aliphatic heterocycles. The Kier molecular flexibility index (Phi) is 5.26. The fraction of sp³-hybridized carbons (Fsp3) is 0.348. The van der Waals surface area contributed by atoms with Crippen LogP contribution in [0, 0.1) is 27.7 Å². The zero-order valence-corrected chi connectivity index (χ0v) is 17.0. The predicted molar refractivity (Wildman–Crippen MR) is 112 cm³/mol. The monoisotopic (exact) mass is 364 g/mol. The second kappa shape index (κ2) is 7.47. The quantitative estimate of drug-likeness (QED) is 0.686. The van der Waals surface area contributed by atoms with E-state index in [0.717, 1.165) is 28.8 Å². The van der Waals surface area contributed by atoms with Crippen molar-refractivity contribution in [2.45, 2.75) is 41.0 Å². The average molecular weight is 364 g/mol. The van der Waals surface area contributed by atoms with Crippen LogP contribution >= 0.6 is 0 Å². The number of aryl methyl sites for hydroxylation is 2. The number of carbonyl (C=O) groups excluding carboxylic acids is 1. The van der Waals surface area contributed by atoms with Gasteiger partial charge in [-0.25, -0.2) is 0 Å². The Morgan fingerprint density at radius 1 is 1.07 bits per heavy atom. The van der Waals surface area contributed by atoms with E-state index in [4.69, 9.17) is 4.74 Å². The zero-order chi connectivity index (χ0) is 19.7. The molecule has 0 fully saturated rings. The van der Waals surface area contributed by atoms with Crippen LogP contribution in [0.25, 0.3) is 22.2 Å². The van der Waals surface area contributed by atoms with Crippen LogP contribution in [0.15, 0.2) is 24.3 Å². The maximum Gasteiger partial charge on any atom is 0.216 e. The molecule has 2 aromatic carbocycles. The highest BCUT2D eigenvalue weighted by Crippen LogP contribution is 2.37. The smallest absolute Gasteiger partial charge is 0.216 e. The minimum atomic E-state index is -0.00673. The maximum atomic E-state index is 11.3. The van der Waals surface area contributed by atoms with Crippen LogP contribution in [0.3, 0.4) is 0 Å². The van der Waals surface area contributed by atoms with Crippen LogP contribution in [-0.2, 0) is 11.2 Å². The molecular formula is C23H28N2O2. The number of nitrogens with one attached hydrogen (secondary N) is 2. The molecular weight excluding hydrogens is 336 g/mol. The van der Waals surface area contributed by atoms with E-state index in [9.17, 15) is 4.79 Å². The van der Waals surface area contributed by atoms with Crippen LogP contribution in [0.2, 0.25) is 0 Å². The van der Waals surface area contributed by atoms with Crippen molar-refractivity contribution in [1.82, 2.24) is 10.3 Å². The standard InChI is InChI=1S/C23H28N2O2/c1-13-11-14(2)16(4)22(15(13)3)23-19(9-10-24-17(5)26)20-12-18(27-6)7-8-21(20)25-23/h7-8,11-12,25H,9-10H2,1-6H3,(H,24,26). The van der Waals surface area contributed by atoms with Gasteiger partial charge in [-0.1, -0.05) is 6.07 Å². The Hall–Kier alpha value is -2.75. The van der Waals surface area contributed by atoms with Gasteiger partial charge < -0.3 is 15.0 Å². The molecule has 3 rings (SSSR count). The largest absolute Gasteiger partial charge is 0.497 e. The first kappa shape index (κ1) is 19.0. The Bertz CT molecular complexity index is 989. The normalized spacial score (nSPS) is 11.0. The van der Waals surface area contributed by atoms with Crippen molar-refractivity contribution in [3.63, 3.8) is 0 Å². The van der Waals surface area contributed by atoms with Crippen molar-refractivity contribution in [2.75, 3.05) is 13.7 Å². The molecule has 3 aromatic rings. The van der Waals surface area contributed by atoms with E-state index in [-0.39, 0.29) is 5.91 Å². The minimum Gasteiger partial charge on any atom is -0.497 e. The molecule has 4 heteroatoms. The highest BCUT2D eigenvalue weighted by Gasteiger charge is 2.19. The van der Waals surface area contributed by atoms with Gasteiger partial charge in [0.1, 0.15) is 5.75 Å². The Labute approximate surface area is 160 Å². The number of benzene rings is 2. The number of amides is 1. The number of hydrogen-bond donors (Lipinski definition) is 2. The van der Waals surface area contributed by atoms with Crippen LogP contribution in [0.5, 0.6) is 5.75 Å². The lowest BCUT2D eigenvalue weighted by Crippen LogP contribution is -2.22. The summed E-state index contributed by atoms with van der Waals surface area (Å²) in [6, 6.07) is 8.36. The summed E-state index contributed by atoms with van der Waals surface area (Å²) in [7, 11) is 1.68. The van der Waals surface area contributed by atoms with Crippen molar-refractivity contribution < 1.29 is 9.53 Å². The molecule has 0 aliphatic carbocycles. The fourth-order valence-corrected chi connectivity index (χ4v) is 3.78. The van der Waals surface area contributed by atoms with Gasteiger partial charge >= 0.3 is 0 Å². The summed E-state index contributed by atoms with van der Waals surface area (Å²) in [5.41, 5.74) is 9.87. The fourth-order valence-electron chi connectivity index (χ4n) is 3.78. The molecule has 27 heavy (non-hydrogen) atoms. The van der Waals surface area contributed by atoms with Crippen molar-refractivity contribution in [2.24, 2.45) is 0 Å². The maximum absolute atomic E-state index is 11.3. The van der Waals surface area contributed by atoms with Crippen molar-refractivity contribution >= 4 is 16.8 Å². The van der Waals surface area contributed by atoms with E-state index in [0.29, 0.717) is 6.54 Å². The van der Waals surface area contributed by atoms with Crippen molar-refractivity contribution in [3.8, 4) is 17.0 Å². The van der Waals surface area contributed by atoms with Crippen LogP contribution in [-0.4, -0.2) is 24.5 Å². The Morgan fingerprint density at radius 3 is 2.33 bits per heavy atom. The molecule has 1 heterocycles. The van der Waals surface area contributed by atoms with Gasteiger partial charge in [-0.15, -0.1) is 0 Å². The predicted octanol–water partition coefficient (Wildman–Crippen LogP) is 4.76.